The number of benzene rings is 5. The summed E-state index contributed by atoms with van der Waals surface area (Å²) in [6.07, 6.45) is 4.18. The smallest absolute Gasteiger partial charge is 0.137 e. The zero-order chi connectivity index (χ0) is 36.2. The van der Waals surface area contributed by atoms with Crippen LogP contribution in [0.1, 0.15) is 58.2 Å². The van der Waals surface area contributed by atoms with Crippen molar-refractivity contribution in [3.8, 4) is 28.4 Å². The average molecular weight is 683 g/mol. The van der Waals surface area contributed by atoms with Gasteiger partial charge in [0.05, 0.1) is 23.4 Å². The Kier molecular flexibility index (Phi) is 8.18. The molecule has 5 aromatic carbocycles. The summed E-state index contributed by atoms with van der Waals surface area (Å²) in [5.74, 6) is 2.51. The van der Waals surface area contributed by atoms with Crippen LogP contribution < -0.4 is 9.64 Å². The van der Waals surface area contributed by atoms with Gasteiger partial charge in [-0.3, -0.25) is 4.57 Å². The summed E-state index contributed by atoms with van der Waals surface area (Å²) < 4.78 is 9.05. The molecule has 5 nitrogen and oxygen atoms in total. The molecule has 0 unspecified atom stereocenters. The van der Waals surface area contributed by atoms with E-state index in [1.54, 1.807) is 0 Å². The largest absolute Gasteiger partial charge is 0.457 e. The average Bonchev–Trinajstić information content (AvgIpc) is 3.69. The third-order valence-electron chi connectivity index (χ3n) is 10.2. The zero-order valence-corrected chi connectivity index (χ0v) is 31.2. The molecule has 0 amide bonds. The van der Waals surface area contributed by atoms with Crippen LogP contribution >= 0.6 is 0 Å². The lowest BCUT2D eigenvalue weighted by Crippen LogP contribution is -2.23. The van der Waals surface area contributed by atoms with Crippen molar-refractivity contribution in [1.82, 2.24) is 14.5 Å². The van der Waals surface area contributed by atoms with E-state index in [4.69, 9.17) is 9.72 Å². The molecule has 7 aromatic rings. The van der Waals surface area contributed by atoms with Crippen molar-refractivity contribution in [3.05, 3.63) is 156 Å². The number of nitrogens with zero attached hydrogens (tertiary/aromatic N) is 4. The minimum absolute atomic E-state index is 0.00754. The zero-order valence-electron chi connectivity index (χ0n) is 31.2. The monoisotopic (exact) mass is 682 g/mol. The summed E-state index contributed by atoms with van der Waals surface area (Å²) in [7, 11) is 2.16. The van der Waals surface area contributed by atoms with Gasteiger partial charge in [0.1, 0.15) is 17.3 Å². The van der Waals surface area contributed by atoms with E-state index in [1.807, 2.05) is 6.20 Å². The van der Waals surface area contributed by atoms with Crippen LogP contribution in [0.2, 0.25) is 0 Å². The molecule has 0 bridgehead atoms. The molecule has 5 heteroatoms. The molecule has 3 heterocycles. The second-order valence-corrected chi connectivity index (χ2v) is 16.0. The second-order valence-electron chi connectivity index (χ2n) is 16.0. The first kappa shape index (κ1) is 33.3. The van der Waals surface area contributed by atoms with E-state index < -0.39 is 0 Å². The summed E-state index contributed by atoms with van der Waals surface area (Å²) in [6.45, 7) is 14.2. The lowest BCUT2D eigenvalue weighted by atomic mass is 9.86. The molecule has 1 aliphatic rings. The number of rotatable bonds is 6. The number of ether oxygens (including phenoxy) is 1. The number of anilines is 1. The van der Waals surface area contributed by atoms with Crippen LogP contribution in [-0.2, 0) is 10.8 Å². The fraction of sp³-hybridized carbons (Fsp3) is 0.213. The molecular formula is C47H46N4O. The molecule has 0 N–H and O–H groups in total. The second kappa shape index (κ2) is 12.8. The van der Waals surface area contributed by atoms with Crippen LogP contribution in [0.15, 0.2) is 140 Å². The molecule has 0 saturated heterocycles. The van der Waals surface area contributed by atoms with E-state index in [0.29, 0.717) is 0 Å². The summed E-state index contributed by atoms with van der Waals surface area (Å²) in [5.41, 5.74) is 10.5. The number of hydrogen-bond acceptors (Lipinski definition) is 4. The first-order valence-corrected chi connectivity index (χ1v) is 18.1. The Morgan fingerprint density at radius 2 is 1.25 bits per heavy atom. The molecule has 0 saturated carbocycles. The number of hydrogen-bond donors (Lipinski definition) is 0. The first-order chi connectivity index (χ1) is 24.9. The number of fused-ring (bicyclic) bond motifs is 3. The van der Waals surface area contributed by atoms with Gasteiger partial charge in [-0.05, 0) is 81.1 Å². The molecule has 2 aromatic heterocycles. The highest BCUT2D eigenvalue weighted by molar-refractivity contribution is 6.09. The van der Waals surface area contributed by atoms with Crippen molar-refractivity contribution in [2.24, 2.45) is 0 Å². The van der Waals surface area contributed by atoms with Crippen LogP contribution in [0.25, 0.3) is 44.4 Å². The van der Waals surface area contributed by atoms with Gasteiger partial charge in [-0.15, -0.1) is 0 Å². The summed E-state index contributed by atoms with van der Waals surface area (Å²) >= 11 is 0. The van der Waals surface area contributed by atoms with E-state index >= 15 is 0 Å². The molecule has 1 aliphatic heterocycles. The third-order valence-corrected chi connectivity index (χ3v) is 10.2. The topological polar surface area (TPSA) is 33.5 Å². The maximum atomic E-state index is 6.79. The van der Waals surface area contributed by atoms with Crippen molar-refractivity contribution >= 4 is 33.2 Å². The number of pyridine rings is 1. The van der Waals surface area contributed by atoms with Crippen molar-refractivity contribution in [3.63, 3.8) is 0 Å². The fourth-order valence-corrected chi connectivity index (χ4v) is 7.15. The van der Waals surface area contributed by atoms with Crippen molar-refractivity contribution in [1.29, 1.82) is 0 Å². The standard InChI is InChI=1S/C47H46N4O/c1-46(2,3)35-23-24-48-45(27-35)51-42-16-12-11-15-40(42)41-22-21-38(29-43(41)51)52-39-26-36(47(4,5)6)25-37(28-39)50-30-44(49(7)31-50)34-19-17-33(18-20-34)32-13-9-8-10-14-32/h8-30H,31H2,1-7H3. The summed E-state index contributed by atoms with van der Waals surface area (Å²) in [6, 6.07) is 45.3. The molecule has 0 radical (unpaired) electrons. The maximum Gasteiger partial charge on any atom is 0.137 e. The number of para-hydroxylation sites is 1. The van der Waals surface area contributed by atoms with E-state index in [9.17, 15) is 0 Å². The maximum absolute atomic E-state index is 6.79. The van der Waals surface area contributed by atoms with Crippen LogP contribution in [0, 0.1) is 0 Å². The summed E-state index contributed by atoms with van der Waals surface area (Å²) in [5, 5.41) is 2.36. The highest BCUT2D eigenvalue weighted by Crippen LogP contribution is 2.39. The molecular weight excluding hydrogens is 637 g/mol. The Hall–Kier alpha value is -5.81. The van der Waals surface area contributed by atoms with Crippen LogP contribution in [0.3, 0.4) is 0 Å². The SMILES string of the molecule is CN1CN(c2cc(Oc3ccc4c5ccccc5n(-c5cc(C(C)(C)C)ccn5)c4c3)cc(C(C)(C)C)c2)C=C1c1ccc(-c2ccccc2)cc1. The Morgan fingerprint density at radius 3 is 2.00 bits per heavy atom. The highest BCUT2D eigenvalue weighted by Gasteiger charge is 2.24. The van der Waals surface area contributed by atoms with Crippen molar-refractivity contribution < 1.29 is 4.74 Å². The predicted octanol–water partition coefficient (Wildman–Crippen LogP) is 11.9. The highest BCUT2D eigenvalue weighted by atomic mass is 16.5. The van der Waals surface area contributed by atoms with E-state index in [1.165, 1.54) is 44.3 Å². The van der Waals surface area contributed by atoms with E-state index in [0.717, 1.165) is 40.7 Å². The minimum atomic E-state index is -0.0698. The van der Waals surface area contributed by atoms with E-state index in [-0.39, 0.29) is 10.8 Å². The molecule has 0 fully saturated rings. The van der Waals surface area contributed by atoms with Gasteiger partial charge in [0, 0.05) is 48.0 Å². The van der Waals surface area contributed by atoms with Gasteiger partial charge < -0.3 is 14.5 Å². The van der Waals surface area contributed by atoms with Gasteiger partial charge in [-0.25, -0.2) is 4.98 Å². The molecule has 8 rings (SSSR count). The van der Waals surface area contributed by atoms with Crippen LogP contribution in [0.5, 0.6) is 11.5 Å². The molecule has 0 atom stereocenters. The van der Waals surface area contributed by atoms with Gasteiger partial charge in [-0.1, -0.05) is 114 Å². The van der Waals surface area contributed by atoms with Gasteiger partial charge in [0.25, 0.3) is 0 Å². The van der Waals surface area contributed by atoms with Gasteiger partial charge in [0.2, 0.25) is 0 Å². The third kappa shape index (κ3) is 6.32. The Bertz CT molecular complexity index is 2440. The van der Waals surface area contributed by atoms with Gasteiger partial charge in [0.15, 0.2) is 0 Å². The molecule has 0 spiro atoms. The normalized spacial score (nSPS) is 13.6. The fourth-order valence-electron chi connectivity index (χ4n) is 7.15. The Morgan fingerprint density at radius 1 is 0.577 bits per heavy atom. The van der Waals surface area contributed by atoms with Crippen LogP contribution in [0.4, 0.5) is 5.69 Å². The van der Waals surface area contributed by atoms with Gasteiger partial charge >= 0.3 is 0 Å². The van der Waals surface area contributed by atoms with Crippen molar-refractivity contribution in [2.75, 3.05) is 18.6 Å². The quantitative estimate of drug-likeness (QED) is 0.175. The summed E-state index contributed by atoms with van der Waals surface area (Å²) in [4.78, 5) is 9.48. The van der Waals surface area contributed by atoms with Crippen LogP contribution in [-0.4, -0.2) is 28.2 Å². The lowest BCUT2D eigenvalue weighted by Gasteiger charge is -2.25. The Balaban J connectivity index is 1.16. The lowest BCUT2D eigenvalue weighted by molar-refractivity contribution is 0.478. The number of aromatic nitrogens is 2. The Labute approximate surface area is 307 Å². The molecule has 260 valence electrons. The van der Waals surface area contributed by atoms with Gasteiger partial charge in [-0.2, -0.15) is 0 Å². The first-order valence-electron chi connectivity index (χ1n) is 18.1. The predicted molar refractivity (Wildman–Crippen MR) is 217 cm³/mol. The van der Waals surface area contributed by atoms with Crippen molar-refractivity contribution in [2.45, 2.75) is 52.4 Å². The van der Waals surface area contributed by atoms with E-state index in [2.05, 4.69) is 197 Å². The molecule has 0 aliphatic carbocycles. The molecule has 52 heavy (non-hydrogen) atoms. The minimum Gasteiger partial charge on any atom is -0.457 e.